The highest BCUT2D eigenvalue weighted by Crippen LogP contribution is 2.31. The summed E-state index contributed by atoms with van der Waals surface area (Å²) in [6, 6.07) is 9.83. The first-order valence-corrected chi connectivity index (χ1v) is 10.9. The van der Waals surface area contributed by atoms with Gasteiger partial charge >= 0.3 is 0 Å². The van der Waals surface area contributed by atoms with Crippen LogP contribution in [0, 0.1) is 17.6 Å². The van der Waals surface area contributed by atoms with E-state index in [4.69, 9.17) is 28.9 Å². The Labute approximate surface area is 182 Å². The standard InChI is InChI=1S/C22H26ClN5S/c1-3-13-26(14-17-7-8-17)15-27-22(29)28(20-6-4-5-19(23)16(20)2)21(25-27)18-9-11-24-12-10-18/h4-6,9-12,17H,3,7-8,13-15H2,1-2H3. The first kappa shape index (κ1) is 20.3. The van der Waals surface area contributed by atoms with Crippen molar-refractivity contribution in [1.82, 2.24) is 24.2 Å². The van der Waals surface area contributed by atoms with Crippen LogP contribution in [0.15, 0.2) is 42.7 Å². The third-order valence-electron chi connectivity index (χ3n) is 5.34. The second-order valence-electron chi connectivity index (χ2n) is 7.72. The van der Waals surface area contributed by atoms with Gasteiger partial charge in [-0.15, -0.1) is 5.10 Å². The zero-order valence-corrected chi connectivity index (χ0v) is 18.5. The summed E-state index contributed by atoms with van der Waals surface area (Å²) >= 11 is 12.3. The molecule has 3 aromatic rings. The number of hydrogen-bond donors (Lipinski definition) is 0. The molecule has 0 spiro atoms. The molecule has 0 bridgehead atoms. The molecule has 0 saturated heterocycles. The maximum absolute atomic E-state index is 6.42. The van der Waals surface area contributed by atoms with Crippen LogP contribution in [0.4, 0.5) is 0 Å². The van der Waals surface area contributed by atoms with E-state index in [9.17, 15) is 0 Å². The monoisotopic (exact) mass is 427 g/mol. The fourth-order valence-electron chi connectivity index (χ4n) is 3.63. The summed E-state index contributed by atoms with van der Waals surface area (Å²) in [6.45, 7) is 7.10. The van der Waals surface area contributed by atoms with E-state index in [1.165, 1.54) is 12.8 Å². The summed E-state index contributed by atoms with van der Waals surface area (Å²) in [5, 5.41) is 5.66. The molecule has 0 radical (unpaired) electrons. The molecule has 0 unspecified atom stereocenters. The van der Waals surface area contributed by atoms with Crippen molar-refractivity contribution < 1.29 is 0 Å². The molecular weight excluding hydrogens is 402 g/mol. The average Bonchev–Trinajstić information content (AvgIpc) is 3.48. The maximum Gasteiger partial charge on any atom is 0.204 e. The molecule has 1 aliphatic rings. The molecule has 0 atom stereocenters. The molecule has 1 saturated carbocycles. The minimum Gasteiger partial charge on any atom is -0.284 e. The Morgan fingerprint density at radius 3 is 2.66 bits per heavy atom. The summed E-state index contributed by atoms with van der Waals surface area (Å²) in [5.74, 6) is 1.64. The van der Waals surface area contributed by atoms with E-state index in [1.54, 1.807) is 12.4 Å². The van der Waals surface area contributed by atoms with E-state index >= 15 is 0 Å². The van der Waals surface area contributed by atoms with Crippen LogP contribution < -0.4 is 0 Å². The normalized spacial score (nSPS) is 13.9. The van der Waals surface area contributed by atoms with E-state index < -0.39 is 0 Å². The Kier molecular flexibility index (Phi) is 6.13. The highest BCUT2D eigenvalue weighted by Gasteiger charge is 2.25. The van der Waals surface area contributed by atoms with Gasteiger partial charge in [-0.1, -0.05) is 24.6 Å². The number of halogens is 1. The SMILES string of the molecule is CCCN(CC1CC1)Cn1nc(-c2ccncc2)n(-c2cccc(Cl)c2C)c1=S. The lowest BCUT2D eigenvalue weighted by Gasteiger charge is -2.21. The highest BCUT2D eigenvalue weighted by atomic mass is 35.5. The number of aromatic nitrogens is 4. The van der Waals surface area contributed by atoms with Gasteiger partial charge in [0.2, 0.25) is 4.77 Å². The third-order valence-corrected chi connectivity index (χ3v) is 6.15. The van der Waals surface area contributed by atoms with Crippen molar-refractivity contribution in [3.63, 3.8) is 0 Å². The van der Waals surface area contributed by atoms with Gasteiger partial charge < -0.3 is 0 Å². The predicted octanol–water partition coefficient (Wildman–Crippen LogP) is 5.51. The molecule has 0 amide bonds. The Hall–Kier alpha value is -2.02. The van der Waals surface area contributed by atoms with Crippen LogP contribution in [0.5, 0.6) is 0 Å². The summed E-state index contributed by atoms with van der Waals surface area (Å²) in [5.41, 5.74) is 2.93. The molecule has 2 aromatic heterocycles. The van der Waals surface area contributed by atoms with Crippen molar-refractivity contribution in [2.24, 2.45) is 5.92 Å². The predicted molar refractivity (Wildman–Crippen MR) is 120 cm³/mol. The number of nitrogens with zero attached hydrogens (tertiary/aromatic N) is 5. The molecule has 29 heavy (non-hydrogen) atoms. The quantitative estimate of drug-likeness (QED) is 0.444. The Morgan fingerprint density at radius 1 is 1.21 bits per heavy atom. The number of pyridine rings is 1. The van der Waals surface area contributed by atoms with Crippen molar-refractivity contribution in [1.29, 1.82) is 0 Å². The summed E-state index contributed by atoms with van der Waals surface area (Å²) in [6.07, 6.45) is 7.35. The van der Waals surface area contributed by atoms with Crippen molar-refractivity contribution in [2.75, 3.05) is 13.1 Å². The highest BCUT2D eigenvalue weighted by molar-refractivity contribution is 7.71. The number of benzene rings is 1. The van der Waals surface area contributed by atoms with Crippen LogP contribution in [0.25, 0.3) is 17.1 Å². The Morgan fingerprint density at radius 2 is 1.97 bits per heavy atom. The maximum atomic E-state index is 6.42. The molecular formula is C22H26ClN5S. The van der Waals surface area contributed by atoms with Crippen LogP contribution in [0.2, 0.25) is 5.02 Å². The molecule has 0 N–H and O–H groups in total. The van der Waals surface area contributed by atoms with Crippen molar-refractivity contribution in [2.45, 2.75) is 39.8 Å². The lowest BCUT2D eigenvalue weighted by molar-refractivity contribution is 0.197. The lowest BCUT2D eigenvalue weighted by Crippen LogP contribution is -2.30. The van der Waals surface area contributed by atoms with Gasteiger partial charge in [0.1, 0.15) is 0 Å². The van der Waals surface area contributed by atoms with Gasteiger partial charge in [-0.2, -0.15) is 0 Å². The van der Waals surface area contributed by atoms with E-state index in [1.807, 2.05) is 46.5 Å². The molecule has 2 heterocycles. The Balaban J connectivity index is 1.80. The number of hydrogen-bond acceptors (Lipinski definition) is 4. The fourth-order valence-corrected chi connectivity index (χ4v) is 4.09. The molecule has 0 aliphatic heterocycles. The third kappa shape index (κ3) is 4.44. The lowest BCUT2D eigenvalue weighted by atomic mass is 10.2. The van der Waals surface area contributed by atoms with Crippen LogP contribution >= 0.6 is 23.8 Å². The molecule has 4 rings (SSSR count). The van der Waals surface area contributed by atoms with Gasteiger partial charge in [0.05, 0.1) is 12.4 Å². The van der Waals surface area contributed by atoms with Gasteiger partial charge in [-0.25, -0.2) is 4.68 Å². The van der Waals surface area contributed by atoms with Gasteiger partial charge in [-0.05, 0) is 80.7 Å². The van der Waals surface area contributed by atoms with Crippen LogP contribution in [-0.4, -0.2) is 37.3 Å². The largest absolute Gasteiger partial charge is 0.284 e. The van der Waals surface area contributed by atoms with Crippen molar-refractivity contribution in [3.8, 4) is 17.1 Å². The van der Waals surface area contributed by atoms with Gasteiger partial charge in [0, 0.05) is 29.5 Å². The Bertz CT molecular complexity index is 1040. The smallest absolute Gasteiger partial charge is 0.204 e. The van der Waals surface area contributed by atoms with E-state index in [0.717, 1.165) is 53.1 Å². The van der Waals surface area contributed by atoms with E-state index in [-0.39, 0.29) is 0 Å². The second kappa shape index (κ2) is 8.78. The summed E-state index contributed by atoms with van der Waals surface area (Å²) in [4.78, 5) is 6.61. The summed E-state index contributed by atoms with van der Waals surface area (Å²) in [7, 11) is 0. The average molecular weight is 428 g/mol. The van der Waals surface area contributed by atoms with Crippen LogP contribution in [0.3, 0.4) is 0 Å². The first-order chi connectivity index (χ1) is 14.1. The zero-order valence-electron chi connectivity index (χ0n) is 16.9. The minimum atomic E-state index is 0.680. The summed E-state index contributed by atoms with van der Waals surface area (Å²) < 4.78 is 4.66. The number of rotatable bonds is 8. The molecule has 1 fully saturated rings. The zero-order chi connectivity index (χ0) is 20.4. The molecule has 1 aromatic carbocycles. The molecule has 7 heteroatoms. The molecule has 1 aliphatic carbocycles. The topological polar surface area (TPSA) is 38.9 Å². The molecule has 152 valence electrons. The fraction of sp³-hybridized carbons (Fsp3) is 0.409. The van der Waals surface area contributed by atoms with Gasteiger partial charge in [0.25, 0.3) is 0 Å². The van der Waals surface area contributed by atoms with E-state index in [2.05, 4.69) is 16.8 Å². The van der Waals surface area contributed by atoms with Crippen LogP contribution in [-0.2, 0) is 6.67 Å². The van der Waals surface area contributed by atoms with Crippen LogP contribution in [0.1, 0.15) is 31.7 Å². The van der Waals surface area contributed by atoms with Crippen molar-refractivity contribution in [3.05, 3.63) is 58.1 Å². The van der Waals surface area contributed by atoms with Crippen molar-refractivity contribution >= 4 is 23.8 Å². The first-order valence-electron chi connectivity index (χ1n) is 10.2. The molecule has 5 nitrogen and oxygen atoms in total. The minimum absolute atomic E-state index is 0.680. The van der Waals surface area contributed by atoms with E-state index in [0.29, 0.717) is 11.4 Å². The second-order valence-corrected chi connectivity index (χ2v) is 8.50. The van der Waals surface area contributed by atoms with Gasteiger partial charge in [-0.3, -0.25) is 14.5 Å². The van der Waals surface area contributed by atoms with Gasteiger partial charge in [0.15, 0.2) is 5.82 Å².